The molecule has 4 aromatic rings. The van der Waals surface area contributed by atoms with Crippen molar-refractivity contribution in [2.24, 2.45) is 0 Å². The highest BCUT2D eigenvalue weighted by Crippen LogP contribution is 2.26. The molecular weight excluding hydrogens is 472 g/mol. The number of aromatic nitrogens is 5. The number of anilines is 1. The van der Waals surface area contributed by atoms with Gasteiger partial charge in [-0.3, -0.25) is 4.57 Å². The van der Waals surface area contributed by atoms with E-state index in [1.54, 1.807) is 8.97 Å². The molecule has 3 aromatic heterocycles. The van der Waals surface area contributed by atoms with E-state index < -0.39 is 0 Å². The molecule has 4 heterocycles. The van der Waals surface area contributed by atoms with E-state index in [2.05, 4.69) is 31.0 Å². The van der Waals surface area contributed by atoms with E-state index >= 15 is 0 Å². The lowest BCUT2D eigenvalue weighted by Crippen LogP contribution is -2.36. The monoisotopic (exact) mass is 496 g/mol. The SMILES string of the molecule is CC(C)(C)c1nnc2c3ncc(N4CCOCC4)cc3n(Cc3ccc(Br)cc3)c(=O)n12. The predicted octanol–water partition coefficient (Wildman–Crippen LogP) is 3.38. The van der Waals surface area contributed by atoms with Gasteiger partial charge in [-0.2, -0.15) is 0 Å². The van der Waals surface area contributed by atoms with Crippen LogP contribution in [-0.4, -0.2) is 50.5 Å². The van der Waals surface area contributed by atoms with Crippen molar-refractivity contribution in [3.05, 3.63) is 62.9 Å². The molecule has 32 heavy (non-hydrogen) atoms. The second-order valence-corrected chi connectivity index (χ2v) is 10.0. The van der Waals surface area contributed by atoms with Crippen molar-refractivity contribution in [2.45, 2.75) is 32.7 Å². The van der Waals surface area contributed by atoms with E-state index in [1.165, 1.54) is 0 Å². The van der Waals surface area contributed by atoms with Crippen LogP contribution in [0.2, 0.25) is 0 Å². The van der Waals surface area contributed by atoms with E-state index in [4.69, 9.17) is 9.72 Å². The molecule has 0 spiro atoms. The number of nitrogens with zero attached hydrogens (tertiary/aromatic N) is 6. The first kappa shape index (κ1) is 21.1. The Morgan fingerprint density at radius 3 is 2.50 bits per heavy atom. The number of hydrogen-bond acceptors (Lipinski definition) is 6. The molecule has 8 nitrogen and oxygen atoms in total. The fraction of sp³-hybridized carbons (Fsp3) is 0.391. The second kappa shape index (κ2) is 7.97. The number of morpholine rings is 1. The van der Waals surface area contributed by atoms with Crippen molar-refractivity contribution < 1.29 is 4.74 Å². The third-order valence-electron chi connectivity index (χ3n) is 5.74. The highest BCUT2D eigenvalue weighted by atomic mass is 79.9. The Morgan fingerprint density at radius 1 is 1.09 bits per heavy atom. The summed E-state index contributed by atoms with van der Waals surface area (Å²) < 4.78 is 9.88. The number of rotatable bonds is 3. The third-order valence-corrected chi connectivity index (χ3v) is 6.27. The second-order valence-electron chi connectivity index (χ2n) is 9.09. The smallest absolute Gasteiger partial charge is 0.336 e. The molecule has 1 fully saturated rings. The fourth-order valence-corrected chi connectivity index (χ4v) is 4.33. The van der Waals surface area contributed by atoms with Crippen LogP contribution in [0.3, 0.4) is 0 Å². The summed E-state index contributed by atoms with van der Waals surface area (Å²) in [7, 11) is 0. The van der Waals surface area contributed by atoms with Gasteiger partial charge in [0.1, 0.15) is 11.3 Å². The van der Waals surface area contributed by atoms with Gasteiger partial charge in [0, 0.05) is 23.0 Å². The van der Waals surface area contributed by atoms with Crippen molar-refractivity contribution in [3.63, 3.8) is 0 Å². The summed E-state index contributed by atoms with van der Waals surface area (Å²) in [5.41, 5.74) is 3.42. The lowest BCUT2D eigenvalue weighted by atomic mass is 9.96. The maximum atomic E-state index is 13.8. The zero-order valence-corrected chi connectivity index (χ0v) is 20.0. The van der Waals surface area contributed by atoms with E-state index in [1.807, 2.05) is 57.3 Å². The van der Waals surface area contributed by atoms with Crippen LogP contribution in [0.1, 0.15) is 32.2 Å². The van der Waals surface area contributed by atoms with Gasteiger partial charge in [-0.05, 0) is 23.8 Å². The van der Waals surface area contributed by atoms with E-state index in [9.17, 15) is 4.79 Å². The van der Waals surface area contributed by atoms with Crippen molar-refractivity contribution in [1.29, 1.82) is 0 Å². The maximum absolute atomic E-state index is 13.8. The highest BCUT2D eigenvalue weighted by molar-refractivity contribution is 9.10. The molecular formula is C23H25BrN6O2. The van der Waals surface area contributed by atoms with Crippen molar-refractivity contribution in [1.82, 2.24) is 24.1 Å². The third kappa shape index (κ3) is 3.69. The first-order valence-corrected chi connectivity index (χ1v) is 11.5. The minimum Gasteiger partial charge on any atom is -0.378 e. The zero-order valence-electron chi connectivity index (χ0n) is 18.4. The minimum absolute atomic E-state index is 0.161. The molecule has 166 valence electrons. The van der Waals surface area contributed by atoms with E-state index in [0.717, 1.165) is 34.3 Å². The van der Waals surface area contributed by atoms with Gasteiger partial charge in [0.15, 0.2) is 5.65 Å². The predicted molar refractivity (Wildman–Crippen MR) is 128 cm³/mol. The molecule has 0 saturated carbocycles. The Bertz CT molecular complexity index is 1350. The van der Waals surface area contributed by atoms with Crippen molar-refractivity contribution >= 4 is 38.3 Å². The number of pyridine rings is 1. The van der Waals surface area contributed by atoms with Crippen LogP contribution < -0.4 is 10.6 Å². The summed E-state index contributed by atoms with van der Waals surface area (Å²) in [5, 5.41) is 8.75. The molecule has 9 heteroatoms. The molecule has 0 N–H and O–H groups in total. The molecule has 1 saturated heterocycles. The number of halogens is 1. The standard InChI is InChI=1S/C23H25BrN6O2/c1-23(2,3)21-27-26-20-19-18(12-17(13-25-19)28-8-10-32-11-9-28)29(22(31)30(20)21)14-15-4-6-16(24)7-5-15/h4-7,12-13H,8-11,14H2,1-3H3. The van der Waals surface area contributed by atoms with Crippen LogP contribution in [0.15, 0.2) is 45.8 Å². The summed E-state index contributed by atoms with van der Waals surface area (Å²) in [6.45, 7) is 9.47. The molecule has 0 bridgehead atoms. The minimum atomic E-state index is -0.338. The van der Waals surface area contributed by atoms with Crippen LogP contribution in [0.5, 0.6) is 0 Å². The van der Waals surface area contributed by atoms with Gasteiger partial charge in [-0.1, -0.05) is 48.8 Å². The molecule has 1 aliphatic heterocycles. The molecule has 5 rings (SSSR count). The maximum Gasteiger partial charge on any atom is 0.336 e. The highest BCUT2D eigenvalue weighted by Gasteiger charge is 2.26. The first-order chi connectivity index (χ1) is 15.3. The molecule has 0 atom stereocenters. The van der Waals surface area contributed by atoms with Crippen molar-refractivity contribution in [2.75, 3.05) is 31.2 Å². The number of hydrogen-bond donors (Lipinski definition) is 0. The van der Waals surface area contributed by atoms with Gasteiger partial charge in [-0.25, -0.2) is 14.2 Å². The Balaban J connectivity index is 1.77. The molecule has 0 aliphatic carbocycles. The summed E-state index contributed by atoms with van der Waals surface area (Å²) in [6, 6.07) is 10.0. The molecule has 0 amide bonds. The number of fused-ring (bicyclic) bond motifs is 3. The average molecular weight is 497 g/mol. The lowest BCUT2D eigenvalue weighted by molar-refractivity contribution is 0.122. The van der Waals surface area contributed by atoms with Crippen LogP contribution in [0, 0.1) is 0 Å². The van der Waals surface area contributed by atoms with Crippen LogP contribution in [0.25, 0.3) is 16.7 Å². The number of ether oxygens (including phenoxy) is 1. The van der Waals surface area contributed by atoms with Crippen molar-refractivity contribution in [3.8, 4) is 0 Å². The zero-order chi connectivity index (χ0) is 22.5. The average Bonchev–Trinajstić information content (AvgIpc) is 3.24. The summed E-state index contributed by atoms with van der Waals surface area (Å²) in [6.07, 6.45) is 1.85. The quantitative estimate of drug-likeness (QED) is 0.432. The van der Waals surface area contributed by atoms with Gasteiger partial charge in [-0.15, -0.1) is 10.2 Å². The summed E-state index contributed by atoms with van der Waals surface area (Å²) in [5.74, 6) is 0.628. The largest absolute Gasteiger partial charge is 0.378 e. The van der Waals surface area contributed by atoms with Crippen LogP contribution >= 0.6 is 15.9 Å². The topological polar surface area (TPSA) is 77.5 Å². The Kier molecular flexibility index (Phi) is 5.25. The summed E-state index contributed by atoms with van der Waals surface area (Å²) in [4.78, 5) is 20.8. The van der Waals surface area contributed by atoms with Gasteiger partial charge in [0.2, 0.25) is 0 Å². The fourth-order valence-electron chi connectivity index (χ4n) is 4.07. The van der Waals surface area contributed by atoms with Gasteiger partial charge < -0.3 is 9.64 Å². The van der Waals surface area contributed by atoms with E-state index in [0.29, 0.717) is 36.7 Å². The van der Waals surface area contributed by atoms with Crippen LogP contribution in [-0.2, 0) is 16.7 Å². The Morgan fingerprint density at radius 2 is 1.81 bits per heavy atom. The molecule has 1 aliphatic rings. The molecule has 0 unspecified atom stereocenters. The first-order valence-electron chi connectivity index (χ1n) is 10.7. The van der Waals surface area contributed by atoms with Gasteiger partial charge in [0.05, 0.1) is 37.2 Å². The Hall–Kier alpha value is -2.78. The Labute approximate surface area is 194 Å². The lowest BCUT2D eigenvalue weighted by Gasteiger charge is -2.28. The molecule has 0 radical (unpaired) electrons. The summed E-state index contributed by atoms with van der Waals surface area (Å²) >= 11 is 3.48. The van der Waals surface area contributed by atoms with Gasteiger partial charge in [0.25, 0.3) is 0 Å². The van der Waals surface area contributed by atoms with Crippen LogP contribution in [0.4, 0.5) is 5.69 Å². The molecule has 1 aromatic carbocycles. The van der Waals surface area contributed by atoms with E-state index in [-0.39, 0.29) is 11.1 Å². The van der Waals surface area contributed by atoms with Gasteiger partial charge >= 0.3 is 5.69 Å². The number of benzene rings is 1. The normalized spacial score (nSPS) is 15.1.